The Kier molecular flexibility index (Phi) is 3.73. The third-order valence-electron chi connectivity index (χ3n) is 2.46. The Morgan fingerprint density at radius 2 is 2.22 bits per heavy atom. The van der Waals surface area contributed by atoms with E-state index in [9.17, 15) is 4.79 Å². The molecule has 6 heteroatoms. The predicted octanol–water partition coefficient (Wildman–Crippen LogP) is 3.85. The first kappa shape index (κ1) is 13.1. The van der Waals surface area contributed by atoms with E-state index in [0.29, 0.717) is 32.1 Å². The molecule has 2 rings (SSSR count). The number of rotatable bonds is 2. The lowest BCUT2D eigenvalue weighted by molar-refractivity contribution is 0.0599. The normalized spacial score (nSPS) is 10.4. The molecule has 0 spiro atoms. The maximum atomic E-state index is 11.7. The van der Waals surface area contributed by atoms with Gasteiger partial charge in [0.15, 0.2) is 0 Å². The molecule has 0 fully saturated rings. The average molecular weight is 331 g/mol. The molecule has 0 aliphatic heterocycles. The Balaban J connectivity index is 2.65. The first-order valence-corrected chi connectivity index (χ1v) is 6.22. The van der Waals surface area contributed by atoms with E-state index in [1.165, 1.54) is 7.11 Å². The summed E-state index contributed by atoms with van der Waals surface area (Å²) < 4.78 is 10.4. The van der Waals surface area contributed by atoms with Crippen molar-refractivity contribution in [3.63, 3.8) is 0 Å². The molecule has 94 valence electrons. The van der Waals surface area contributed by atoms with Crippen molar-refractivity contribution < 1.29 is 14.1 Å². The van der Waals surface area contributed by atoms with Crippen LogP contribution in [0.1, 0.15) is 16.1 Å². The second-order valence-corrected chi connectivity index (χ2v) is 4.76. The van der Waals surface area contributed by atoms with Crippen molar-refractivity contribution in [1.29, 1.82) is 0 Å². The molecule has 0 aliphatic rings. The first-order valence-electron chi connectivity index (χ1n) is 5.05. The van der Waals surface area contributed by atoms with Crippen LogP contribution in [0.3, 0.4) is 0 Å². The van der Waals surface area contributed by atoms with E-state index in [-0.39, 0.29) is 0 Å². The van der Waals surface area contributed by atoms with E-state index in [2.05, 4.69) is 21.1 Å². The zero-order valence-electron chi connectivity index (χ0n) is 9.66. The topological polar surface area (TPSA) is 52.3 Å². The molecule has 1 heterocycles. The van der Waals surface area contributed by atoms with Crippen molar-refractivity contribution >= 4 is 33.5 Å². The van der Waals surface area contributed by atoms with E-state index < -0.39 is 5.97 Å². The fourth-order valence-corrected chi connectivity index (χ4v) is 2.21. The maximum absolute atomic E-state index is 11.7. The van der Waals surface area contributed by atoms with Crippen LogP contribution >= 0.6 is 27.5 Å². The van der Waals surface area contributed by atoms with E-state index >= 15 is 0 Å². The number of carbonyl (C=O) groups is 1. The Morgan fingerprint density at radius 1 is 1.50 bits per heavy atom. The molecule has 1 aromatic carbocycles. The number of halogens is 2. The molecule has 0 radical (unpaired) electrons. The van der Waals surface area contributed by atoms with Crippen LogP contribution in [0.4, 0.5) is 0 Å². The van der Waals surface area contributed by atoms with Crippen LogP contribution in [-0.4, -0.2) is 18.2 Å². The van der Waals surface area contributed by atoms with Crippen molar-refractivity contribution in [3.8, 4) is 11.3 Å². The Labute approximate surface area is 117 Å². The minimum Gasteiger partial charge on any atom is -0.465 e. The number of hydrogen-bond donors (Lipinski definition) is 0. The second kappa shape index (κ2) is 5.12. The summed E-state index contributed by atoms with van der Waals surface area (Å²) in [7, 11) is 1.31. The molecular weight excluding hydrogens is 321 g/mol. The molecule has 18 heavy (non-hydrogen) atoms. The van der Waals surface area contributed by atoms with Crippen molar-refractivity contribution in [1.82, 2.24) is 5.16 Å². The minimum atomic E-state index is -0.490. The Hall–Kier alpha value is -1.33. The number of nitrogens with zero attached hydrogens (tertiary/aromatic N) is 1. The third-order valence-corrected chi connectivity index (χ3v) is 3.86. The monoisotopic (exact) mass is 329 g/mol. The molecule has 0 atom stereocenters. The van der Waals surface area contributed by atoms with Crippen molar-refractivity contribution in [3.05, 3.63) is 39.0 Å². The Bertz CT molecular complexity index is 609. The van der Waals surface area contributed by atoms with E-state index in [1.807, 2.05) is 0 Å². The largest absolute Gasteiger partial charge is 0.465 e. The van der Waals surface area contributed by atoms with Crippen LogP contribution < -0.4 is 0 Å². The summed E-state index contributed by atoms with van der Waals surface area (Å²) in [6.07, 6.45) is 0. The van der Waals surface area contributed by atoms with E-state index in [4.69, 9.17) is 20.9 Å². The molecule has 0 N–H and O–H groups in total. The van der Waals surface area contributed by atoms with Gasteiger partial charge in [0, 0.05) is 10.0 Å². The fourth-order valence-electron chi connectivity index (χ4n) is 1.59. The molecular formula is C12H9BrClNO3. The van der Waals surface area contributed by atoms with Crippen LogP contribution in [0.5, 0.6) is 0 Å². The lowest BCUT2D eigenvalue weighted by Gasteiger charge is -2.04. The van der Waals surface area contributed by atoms with Crippen LogP contribution in [-0.2, 0) is 4.74 Å². The van der Waals surface area contributed by atoms with Gasteiger partial charge in [-0.05, 0) is 28.9 Å². The highest BCUT2D eigenvalue weighted by Gasteiger charge is 2.23. The van der Waals surface area contributed by atoms with Crippen LogP contribution in [0, 0.1) is 6.92 Å². The minimum absolute atomic E-state index is 0.306. The second-order valence-electron chi connectivity index (χ2n) is 3.56. The van der Waals surface area contributed by atoms with Gasteiger partial charge in [-0.2, -0.15) is 0 Å². The molecule has 0 bridgehead atoms. The van der Waals surface area contributed by atoms with Gasteiger partial charge in [0.2, 0.25) is 0 Å². The molecule has 0 amide bonds. The van der Waals surface area contributed by atoms with Crippen molar-refractivity contribution in [2.45, 2.75) is 6.92 Å². The molecule has 0 saturated heterocycles. The van der Waals surface area contributed by atoms with Gasteiger partial charge < -0.3 is 9.26 Å². The summed E-state index contributed by atoms with van der Waals surface area (Å²) in [6, 6.07) is 5.30. The molecule has 2 aromatic rings. The summed E-state index contributed by atoms with van der Waals surface area (Å²) >= 11 is 9.38. The predicted molar refractivity (Wildman–Crippen MR) is 70.7 cm³/mol. The number of ether oxygens (including phenoxy) is 1. The van der Waals surface area contributed by atoms with Crippen LogP contribution in [0.15, 0.2) is 27.2 Å². The number of benzene rings is 1. The standard InChI is InChI=1S/C12H9BrClNO3/c1-6-9(12(16)17-2)11(15-18-6)7-4-3-5-8(14)10(7)13/h3-5H,1-2H3. The van der Waals surface area contributed by atoms with Gasteiger partial charge in [0.1, 0.15) is 17.0 Å². The number of methoxy groups -OCH3 is 1. The molecule has 4 nitrogen and oxygen atoms in total. The van der Waals surface area contributed by atoms with Gasteiger partial charge >= 0.3 is 5.97 Å². The van der Waals surface area contributed by atoms with Gasteiger partial charge in [-0.3, -0.25) is 0 Å². The summed E-state index contributed by atoms with van der Waals surface area (Å²) in [5.41, 5.74) is 1.40. The lowest BCUT2D eigenvalue weighted by atomic mass is 10.1. The van der Waals surface area contributed by atoms with Gasteiger partial charge in [0.25, 0.3) is 0 Å². The number of hydrogen-bond acceptors (Lipinski definition) is 4. The first-order chi connectivity index (χ1) is 8.56. The number of aryl methyl sites for hydroxylation is 1. The average Bonchev–Trinajstić information content (AvgIpc) is 2.73. The lowest BCUT2D eigenvalue weighted by Crippen LogP contribution is -2.03. The highest BCUT2D eigenvalue weighted by atomic mass is 79.9. The van der Waals surface area contributed by atoms with Crippen molar-refractivity contribution in [2.24, 2.45) is 0 Å². The summed E-state index contributed by atoms with van der Waals surface area (Å²) in [5, 5.41) is 4.42. The zero-order valence-corrected chi connectivity index (χ0v) is 12.0. The van der Waals surface area contributed by atoms with Gasteiger partial charge in [-0.15, -0.1) is 0 Å². The van der Waals surface area contributed by atoms with Crippen LogP contribution in [0.25, 0.3) is 11.3 Å². The summed E-state index contributed by atoms with van der Waals surface area (Å²) in [4.78, 5) is 11.7. The zero-order chi connectivity index (χ0) is 13.3. The van der Waals surface area contributed by atoms with Crippen molar-refractivity contribution in [2.75, 3.05) is 7.11 Å². The maximum Gasteiger partial charge on any atom is 0.343 e. The fraction of sp³-hybridized carbons (Fsp3) is 0.167. The van der Waals surface area contributed by atoms with Crippen LogP contribution in [0.2, 0.25) is 5.02 Å². The number of aromatic nitrogens is 1. The highest BCUT2D eigenvalue weighted by molar-refractivity contribution is 9.10. The smallest absolute Gasteiger partial charge is 0.343 e. The Morgan fingerprint density at radius 3 is 2.89 bits per heavy atom. The molecule has 0 aliphatic carbocycles. The van der Waals surface area contributed by atoms with Gasteiger partial charge in [0.05, 0.1) is 12.1 Å². The molecule has 0 unspecified atom stereocenters. The molecule has 1 aromatic heterocycles. The van der Waals surface area contributed by atoms with Gasteiger partial charge in [-0.25, -0.2) is 4.79 Å². The molecule has 0 saturated carbocycles. The third kappa shape index (κ3) is 2.15. The van der Waals surface area contributed by atoms with E-state index in [0.717, 1.165) is 0 Å². The SMILES string of the molecule is COC(=O)c1c(-c2cccc(Cl)c2Br)noc1C. The number of carbonyl (C=O) groups excluding carboxylic acids is 1. The summed E-state index contributed by atoms with van der Waals surface area (Å²) in [5.74, 6) is -0.0839. The quantitative estimate of drug-likeness (QED) is 0.785. The number of esters is 1. The van der Waals surface area contributed by atoms with E-state index in [1.54, 1.807) is 25.1 Å². The summed E-state index contributed by atoms with van der Waals surface area (Å²) in [6.45, 7) is 1.65. The van der Waals surface area contributed by atoms with Gasteiger partial charge in [-0.1, -0.05) is 28.9 Å². The highest BCUT2D eigenvalue weighted by Crippen LogP contribution is 2.35.